The van der Waals surface area contributed by atoms with Gasteiger partial charge in [-0.1, -0.05) is 60.7 Å². The number of imide groups is 1. The molecule has 0 saturated carbocycles. The van der Waals surface area contributed by atoms with Gasteiger partial charge in [-0.3, -0.25) is 19.3 Å². The van der Waals surface area contributed by atoms with Crippen molar-refractivity contribution in [2.45, 2.75) is 13.0 Å². The van der Waals surface area contributed by atoms with Crippen LogP contribution in [-0.4, -0.2) is 41.1 Å². The minimum atomic E-state index is -0.372. The van der Waals surface area contributed by atoms with Gasteiger partial charge in [0.2, 0.25) is 0 Å². The van der Waals surface area contributed by atoms with Crippen molar-refractivity contribution in [3.8, 4) is 0 Å². The maximum atomic E-state index is 13.4. The number of fused-ring (bicyclic) bond motifs is 1. The Hall–Kier alpha value is -3.73. The van der Waals surface area contributed by atoms with E-state index in [0.717, 1.165) is 22.4 Å². The van der Waals surface area contributed by atoms with Crippen molar-refractivity contribution < 1.29 is 14.4 Å². The highest BCUT2D eigenvalue weighted by molar-refractivity contribution is 6.21. The summed E-state index contributed by atoms with van der Waals surface area (Å²) in [6.45, 7) is 1.01. The molecule has 3 aromatic rings. The van der Waals surface area contributed by atoms with Crippen LogP contribution in [0, 0.1) is 0 Å². The molecule has 0 N–H and O–H groups in total. The Kier molecular flexibility index (Phi) is 5.44. The zero-order valence-corrected chi connectivity index (χ0v) is 16.7. The molecule has 0 aliphatic carbocycles. The van der Waals surface area contributed by atoms with Crippen LogP contribution in [-0.2, 0) is 13.0 Å². The van der Waals surface area contributed by atoms with E-state index in [2.05, 4.69) is 0 Å². The molecule has 1 aliphatic rings. The van der Waals surface area contributed by atoms with Gasteiger partial charge in [-0.05, 0) is 35.7 Å². The van der Waals surface area contributed by atoms with E-state index in [1.54, 1.807) is 23.1 Å². The van der Waals surface area contributed by atoms with Crippen molar-refractivity contribution in [3.05, 3.63) is 107 Å². The smallest absolute Gasteiger partial charge is 0.261 e. The molecule has 0 radical (unpaired) electrons. The first-order valence-corrected chi connectivity index (χ1v) is 9.88. The molecule has 5 heteroatoms. The molecule has 0 saturated heterocycles. The number of carbonyl (C=O) groups excluding carboxylic acids is 3. The molecule has 4 rings (SSSR count). The molecule has 30 heavy (non-hydrogen) atoms. The third-order valence-corrected chi connectivity index (χ3v) is 5.35. The first-order valence-electron chi connectivity index (χ1n) is 9.88. The highest BCUT2D eigenvalue weighted by atomic mass is 16.2. The summed E-state index contributed by atoms with van der Waals surface area (Å²) in [5.74, 6) is -0.866. The van der Waals surface area contributed by atoms with E-state index in [1.807, 2.05) is 60.7 Å². The van der Waals surface area contributed by atoms with Crippen molar-refractivity contribution in [2.75, 3.05) is 13.6 Å². The average molecular weight is 398 g/mol. The second kappa shape index (κ2) is 8.33. The second-order valence-electron chi connectivity index (χ2n) is 7.38. The molecule has 0 fully saturated rings. The summed E-state index contributed by atoms with van der Waals surface area (Å²) in [5.41, 5.74) is 3.23. The molecule has 0 aromatic heterocycles. The largest absolute Gasteiger partial charge is 0.334 e. The van der Waals surface area contributed by atoms with Crippen LogP contribution < -0.4 is 0 Å². The lowest BCUT2D eigenvalue weighted by molar-refractivity contribution is 0.0692. The van der Waals surface area contributed by atoms with E-state index < -0.39 is 0 Å². The van der Waals surface area contributed by atoms with Gasteiger partial charge < -0.3 is 4.90 Å². The van der Waals surface area contributed by atoms with Gasteiger partial charge in [0.25, 0.3) is 17.7 Å². The number of amides is 3. The van der Waals surface area contributed by atoms with Crippen LogP contribution in [0.5, 0.6) is 0 Å². The molecule has 0 unspecified atom stereocenters. The van der Waals surface area contributed by atoms with Gasteiger partial charge in [-0.2, -0.15) is 0 Å². The first-order chi connectivity index (χ1) is 14.5. The molecular formula is C25H22N2O3. The van der Waals surface area contributed by atoms with E-state index in [9.17, 15) is 14.4 Å². The third kappa shape index (κ3) is 3.87. The SMILES string of the molecule is CN1C(=O)c2ccc(C(=O)N(CCc3ccccc3)Cc3ccccc3)cc2C1=O. The maximum absolute atomic E-state index is 13.4. The summed E-state index contributed by atoms with van der Waals surface area (Å²) in [5, 5.41) is 0. The van der Waals surface area contributed by atoms with E-state index in [4.69, 9.17) is 0 Å². The van der Waals surface area contributed by atoms with Crippen LogP contribution >= 0.6 is 0 Å². The molecule has 150 valence electrons. The van der Waals surface area contributed by atoms with Gasteiger partial charge in [-0.15, -0.1) is 0 Å². The Labute approximate surface area is 175 Å². The number of nitrogens with zero attached hydrogens (tertiary/aromatic N) is 2. The van der Waals surface area contributed by atoms with Gasteiger partial charge in [0.05, 0.1) is 11.1 Å². The standard InChI is InChI=1S/C25H22N2O3/c1-26-24(29)21-13-12-20(16-22(21)25(26)30)23(28)27(17-19-10-6-3-7-11-19)15-14-18-8-4-2-5-9-18/h2-13,16H,14-15,17H2,1H3. The fourth-order valence-corrected chi connectivity index (χ4v) is 3.64. The highest BCUT2D eigenvalue weighted by Gasteiger charge is 2.33. The van der Waals surface area contributed by atoms with E-state index >= 15 is 0 Å². The van der Waals surface area contributed by atoms with Crippen LogP contribution in [0.3, 0.4) is 0 Å². The van der Waals surface area contributed by atoms with Crippen molar-refractivity contribution >= 4 is 17.7 Å². The Morgan fingerprint density at radius 2 is 1.40 bits per heavy atom. The monoisotopic (exact) mass is 398 g/mol. The van der Waals surface area contributed by atoms with Crippen molar-refractivity contribution in [1.29, 1.82) is 0 Å². The van der Waals surface area contributed by atoms with E-state index in [-0.39, 0.29) is 23.3 Å². The van der Waals surface area contributed by atoms with Gasteiger partial charge in [0.1, 0.15) is 0 Å². The Morgan fingerprint density at radius 1 is 0.800 bits per heavy atom. The lowest BCUT2D eigenvalue weighted by Crippen LogP contribution is -2.32. The van der Waals surface area contributed by atoms with Gasteiger partial charge in [0, 0.05) is 25.7 Å². The quantitative estimate of drug-likeness (QED) is 0.594. The first kappa shape index (κ1) is 19.6. The summed E-state index contributed by atoms with van der Waals surface area (Å²) >= 11 is 0. The van der Waals surface area contributed by atoms with Gasteiger partial charge in [0.15, 0.2) is 0 Å². The predicted octanol–water partition coefficient (Wildman–Crippen LogP) is 3.80. The van der Waals surface area contributed by atoms with Crippen molar-refractivity contribution in [1.82, 2.24) is 9.80 Å². The highest BCUT2D eigenvalue weighted by Crippen LogP contribution is 2.24. The number of benzene rings is 3. The fraction of sp³-hybridized carbons (Fsp3) is 0.160. The summed E-state index contributed by atoms with van der Waals surface area (Å²) in [6.07, 6.45) is 0.727. The molecule has 1 heterocycles. The zero-order chi connectivity index (χ0) is 21.1. The Balaban J connectivity index is 1.60. The number of carbonyl (C=O) groups is 3. The molecule has 3 amide bonds. The van der Waals surface area contributed by atoms with Crippen LogP contribution in [0.4, 0.5) is 0 Å². The van der Waals surface area contributed by atoms with E-state index in [0.29, 0.717) is 24.2 Å². The lowest BCUT2D eigenvalue weighted by atomic mass is 10.0. The van der Waals surface area contributed by atoms with Crippen molar-refractivity contribution in [2.24, 2.45) is 0 Å². The van der Waals surface area contributed by atoms with Crippen LogP contribution in [0.2, 0.25) is 0 Å². The second-order valence-corrected chi connectivity index (χ2v) is 7.38. The molecule has 0 atom stereocenters. The Bertz CT molecular complexity index is 1090. The minimum Gasteiger partial charge on any atom is -0.334 e. The summed E-state index contributed by atoms with van der Waals surface area (Å²) < 4.78 is 0. The summed E-state index contributed by atoms with van der Waals surface area (Å²) in [6, 6.07) is 24.6. The van der Waals surface area contributed by atoms with Crippen molar-refractivity contribution in [3.63, 3.8) is 0 Å². The molecule has 3 aromatic carbocycles. The number of hydrogen-bond donors (Lipinski definition) is 0. The minimum absolute atomic E-state index is 0.160. The predicted molar refractivity (Wildman–Crippen MR) is 114 cm³/mol. The molecule has 5 nitrogen and oxygen atoms in total. The topological polar surface area (TPSA) is 57.7 Å². The van der Waals surface area contributed by atoms with Crippen LogP contribution in [0.1, 0.15) is 42.2 Å². The van der Waals surface area contributed by atoms with E-state index in [1.165, 1.54) is 7.05 Å². The molecular weight excluding hydrogens is 376 g/mol. The van der Waals surface area contributed by atoms with Gasteiger partial charge in [-0.25, -0.2) is 0 Å². The lowest BCUT2D eigenvalue weighted by Gasteiger charge is -2.23. The molecule has 0 spiro atoms. The summed E-state index contributed by atoms with van der Waals surface area (Å²) in [7, 11) is 1.45. The number of hydrogen-bond acceptors (Lipinski definition) is 3. The third-order valence-electron chi connectivity index (χ3n) is 5.35. The average Bonchev–Trinajstić information content (AvgIpc) is 3.01. The van der Waals surface area contributed by atoms with Gasteiger partial charge >= 0.3 is 0 Å². The number of rotatable bonds is 6. The van der Waals surface area contributed by atoms with Crippen LogP contribution in [0.25, 0.3) is 0 Å². The zero-order valence-electron chi connectivity index (χ0n) is 16.7. The maximum Gasteiger partial charge on any atom is 0.261 e. The normalized spacial score (nSPS) is 12.8. The van der Waals surface area contributed by atoms with Crippen LogP contribution in [0.15, 0.2) is 78.9 Å². The summed E-state index contributed by atoms with van der Waals surface area (Å²) in [4.78, 5) is 40.7. The Morgan fingerprint density at radius 3 is 2.07 bits per heavy atom. The fourth-order valence-electron chi connectivity index (χ4n) is 3.64. The molecule has 1 aliphatic heterocycles. The molecule has 0 bridgehead atoms.